The van der Waals surface area contributed by atoms with Crippen LogP contribution in [0, 0.1) is 12.8 Å². The van der Waals surface area contributed by atoms with Crippen molar-refractivity contribution in [2.24, 2.45) is 5.92 Å². The second-order valence-corrected chi connectivity index (χ2v) is 7.77. The molecule has 1 saturated heterocycles. The summed E-state index contributed by atoms with van der Waals surface area (Å²) >= 11 is 0. The summed E-state index contributed by atoms with van der Waals surface area (Å²) in [6.45, 7) is 6.91. The number of nitrogens with zero attached hydrogens (tertiary/aromatic N) is 2. The number of aryl methyl sites for hydroxylation is 3. The molecule has 2 heterocycles. The molecular formula is C24H29ClN2. The van der Waals surface area contributed by atoms with Crippen molar-refractivity contribution in [2.45, 2.75) is 39.5 Å². The van der Waals surface area contributed by atoms with Crippen molar-refractivity contribution in [3.63, 3.8) is 0 Å². The predicted molar refractivity (Wildman–Crippen MR) is 118 cm³/mol. The highest BCUT2D eigenvalue weighted by Crippen LogP contribution is 2.27. The summed E-state index contributed by atoms with van der Waals surface area (Å²) in [5.41, 5.74) is 5.31. The maximum Gasteiger partial charge on any atom is 0.0429 e. The summed E-state index contributed by atoms with van der Waals surface area (Å²) in [6.07, 6.45) is 6.69. The van der Waals surface area contributed by atoms with Crippen molar-refractivity contribution in [3.8, 4) is 0 Å². The molecular weight excluding hydrogens is 352 g/mol. The zero-order valence-corrected chi connectivity index (χ0v) is 17.1. The molecule has 1 aromatic heterocycles. The van der Waals surface area contributed by atoms with Gasteiger partial charge in [-0.1, -0.05) is 49.4 Å². The van der Waals surface area contributed by atoms with Gasteiger partial charge >= 0.3 is 0 Å². The molecule has 2 nitrogen and oxygen atoms in total. The lowest BCUT2D eigenvalue weighted by Crippen LogP contribution is -2.33. The Kier molecular flexibility index (Phi) is 6.38. The van der Waals surface area contributed by atoms with Gasteiger partial charge in [-0.2, -0.15) is 0 Å². The van der Waals surface area contributed by atoms with E-state index in [-0.39, 0.29) is 12.4 Å². The van der Waals surface area contributed by atoms with Gasteiger partial charge in [0.15, 0.2) is 0 Å². The zero-order chi connectivity index (χ0) is 17.9. The Balaban J connectivity index is 0.00000210. The lowest BCUT2D eigenvalue weighted by Gasteiger charge is -2.33. The van der Waals surface area contributed by atoms with E-state index in [2.05, 4.69) is 73.5 Å². The Morgan fingerprint density at radius 3 is 2.56 bits per heavy atom. The number of pyridine rings is 1. The van der Waals surface area contributed by atoms with Gasteiger partial charge in [-0.25, -0.2) is 0 Å². The molecule has 27 heavy (non-hydrogen) atoms. The topological polar surface area (TPSA) is 16.1 Å². The van der Waals surface area contributed by atoms with Gasteiger partial charge in [0, 0.05) is 30.7 Å². The van der Waals surface area contributed by atoms with Crippen molar-refractivity contribution in [3.05, 3.63) is 71.5 Å². The fourth-order valence-corrected chi connectivity index (χ4v) is 4.05. The SMILES string of the molecule is Cc1cnc(CCc2cccc3ccccc23)cc1N1CCC(C)CC1.Cl. The van der Waals surface area contributed by atoms with Crippen LogP contribution in [0.4, 0.5) is 5.69 Å². The Bertz CT molecular complexity index is 893. The average Bonchev–Trinajstić information content (AvgIpc) is 2.68. The number of anilines is 1. The molecule has 0 amide bonds. The number of aromatic nitrogens is 1. The maximum absolute atomic E-state index is 4.72. The van der Waals surface area contributed by atoms with Gasteiger partial charge in [-0.15, -0.1) is 12.4 Å². The summed E-state index contributed by atoms with van der Waals surface area (Å²) in [7, 11) is 0. The highest BCUT2D eigenvalue weighted by molar-refractivity contribution is 5.86. The standard InChI is InChI=1S/C24H28N2.ClH/c1-18-12-14-26(15-13-18)24-16-22(25-17-19(24)2)11-10-21-8-5-7-20-6-3-4-9-23(20)21;/h3-9,16-18H,10-15H2,1-2H3;1H. The molecule has 0 radical (unpaired) electrons. The molecule has 3 heteroatoms. The number of benzene rings is 2. The maximum atomic E-state index is 4.72. The van der Waals surface area contributed by atoms with Crippen LogP contribution in [-0.4, -0.2) is 18.1 Å². The third kappa shape index (κ3) is 4.44. The van der Waals surface area contributed by atoms with Crippen LogP contribution in [0.2, 0.25) is 0 Å². The summed E-state index contributed by atoms with van der Waals surface area (Å²) in [6, 6.07) is 17.6. The molecule has 4 rings (SSSR count). The van der Waals surface area contributed by atoms with Crippen LogP contribution < -0.4 is 4.90 Å². The van der Waals surface area contributed by atoms with Crippen molar-refractivity contribution in [1.82, 2.24) is 4.98 Å². The van der Waals surface area contributed by atoms with E-state index >= 15 is 0 Å². The largest absolute Gasteiger partial charge is 0.371 e. The van der Waals surface area contributed by atoms with E-state index in [0.29, 0.717) is 0 Å². The van der Waals surface area contributed by atoms with E-state index in [1.54, 1.807) is 0 Å². The molecule has 0 N–H and O–H groups in total. The molecule has 0 saturated carbocycles. The van der Waals surface area contributed by atoms with Crippen LogP contribution in [0.25, 0.3) is 10.8 Å². The van der Waals surface area contributed by atoms with Crippen LogP contribution in [0.15, 0.2) is 54.7 Å². The molecule has 0 atom stereocenters. The molecule has 3 aromatic rings. The summed E-state index contributed by atoms with van der Waals surface area (Å²) in [5, 5.41) is 2.69. The minimum absolute atomic E-state index is 0. The zero-order valence-electron chi connectivity index (χ0n) is 16.3. The monoisotopic (exact) mass is 380 g/mol. The van der Waals surface area contributed by atoms with E-state index in [4.69, 9.17) is 4.98 Å². The van der Waals surface area contributed by atoms with Gasteiger partial charge in [0.2, 0.25) is 0 Å². The molecule has 1 fully saturated rings. The second-order valence-electron chi connectivity index (χ2n) is 7.77. The molecule has 1 aliphatic rings. The van der Waals surface area contributed by atoms with Gasteiger partial charge < -0.3 is 4.90 Å². The highest BCUT2D eigenvalue weighted by Gasteiger charge is 2.18. The fourth-order valence-electron chi connectivity index (χ4n) is 4.05. The predicted octanol–water partition coefficient (Wildman–Crippen LogP) is 5.99. The van der Waals surface area contributed by atoms with Crippen LogP contribution in [0.3, 0.4) is 0 Å². The first kappa shape index (κ1) is 19.7. The third-order valence-corrected chi connectivity index (χ3v) is 5.79. The highest BCUT2D eigenvalue weighted by atomic mass is 35.5. The number of piperidine rings is 1. The molecule has 0 bridgehead atoms. The summed E-state index contributed by atoms with van der Waals surface area (Å²) in [5.74, 6) is 0.860. The van der Waals surface area contributed by atoms with Crippen LogP contribution >= 0.6 is 12.4 Å². The Morgan fingerprint density at radius 1 is 1.00 bits per heavy atom. The molecule has 0 spiro atoms. The summed E-state index contributed by atoms with van der Waals surface area (Å²) in [4.78, 5) is 7.27. The Hall–Kier alpha value is -2.06. The van der Waals surface area contributed by atoms with E-state index in [1.165, 1.54) is 59.2 Å². The lowest BCUT2D eigenvalue weighted by atomic mass is 9.97. The molecule has 0 unspecified atom stereocenters. The van der Waals surface area contributed by atoms with E-state index in [1.807, 2.05) is 0 Å². The van der Waals surface area contributed by atoms with Gasteiger partial charge in [0.1, 0.15) is 0 Å². The van der Waals surface area contributed by atoms with Gasteiger partial charge in [-0.05, 0) is 66.5 Å². The number of hydrogen-bond acceptors (Lipinski definition) is 2. The fraction of sp³-hybridized carbons (Fsp3) is 0.375. The summed E-state index contributed by atoms with van der Waals surface area (Å²) < 4.78 is 0. The molecule has 0 aliphatic carbocycles. The minimum Gasteiger partial charge on any atom is -0.371 e. The minimum atomic E-state index is 0. The average molecular weight is 381 g/mol. The van der Waals surface area contributed by atoms with Crippen LogP contribution in [0.5, 0.6) is 0 Å². The number of hydrogen-bond donors (Lipinski definition) is 0. The smallest absolute Gasteiger partial charge is 0.0429 e. The molecule has 1 aliphatic heterocycles. The van der Waals surface area contributed by atoms with E-state index < -0.39 is 0 Å². The van der Waals surface area contributed by atoms with Crippen molar-refractivity contribution in [2.75, 3.05) is 18.0 Å². The van der Waals surface area contributed by atoms with Crippen LogP contribution in [0.1, 0.15) is 36.6 Å². The van der Waals surface area contributed by atoms with E-state index in [9.17, 15) is 0 Å². The second kappa shape index (κ2) is 8.75. The van der Waals surface area contributed by atoms with Gasteiger partial charge in [-0.3, -0.25) is 4.98 Å². The number of halogens is 1. The van der Waals surface area contributed by atoms with Gasteiger partial charge in [0.05, 0.1) is 0 Å². The van der Waals surface area contributed by atoms with Crippen molar-refractivity contribution >= 4 is 28.9 Å². The normalized spacial score (nSPS) is 15.0. The molecule has 142 valence electrons. The number of rotatable bonds is 4. The lowest BCUT2D eigenvalue weighted by molar-refractivity contribution is 0.438. The van der Waals surface area contributed by atoms with Crippen molar-refractivity contribution in [1.29, 1.82) is 0 Å². The van der Waals surface area contributed by atoms with Crippen LogP contribution in [-0.2, 0) is 12.8 Å². The quantitative estimate of drug-likeness (QED) is 0.552. The molecule has 2 aromatic carbocycles. The Morgan fingerprint density at radius 2 is 1.74 bits per heavy atom. The Labute approximate surface area is 169 Å². The van der Waals surface area contributed by atoms with Crippen molar-refractivity contribution < 1.29 is 0 Å². The van der Waals surface area contributed by atoms with Gasteiger partial charge in [0.25, 0.3) is 0 Å². The first-order valence-electron chi connectivity index (χ1n) is 9.88. The first-order chi connectivity index (χ1) is 12.7. The number of fused-ring (bicyclic) bond motifs is 1. The first-order valence-corrected chi connectivity index (χ1v) is 9.88. The van der Waals surface area contributed by atoms with E-state index in [0.717, 1.165) is 18.8 Å². The third-order valence-electron chi connectivity index (χ3n) is 5.79.